The zero-order chi connectivity index (χ0) is 11.5. The minimum absolute atomic E-state index is 0. The van der Waals surface area contributed by atoms with Gasteiger partial charge in [0.1, 0.15) is 0 Å². The number of hydrogen-bond donors (Lipinski definition) is 1. The van der Waals surface area contributed by atoms with Crippen molar-refractivity contribution < 1.29 is 0 Å². The van der Waals surface area contributed by atoms with Crippen molar-refractivity contribution in [3.8, 4) is 0 Å². The number of hydrogen-bond acceptors (Lipinski definition) is 2. The van der Waals surface area contributed by atoms with E-state index in [1.54, 1.807) is 0 Å². The molecule has 90 valence electrons. The molecule has 1 aromatic carbocycles. The van der Waals surface area contributed by atoms with Crippen LogP contribution in [0.2, 0.25) is 0 Å². The molecule has 0 aliphatic rings. The molecule has 0 amide bonds. The molecule has 1 unspecified atom stereocenters. The van der Waals surface area contributed by atoms with E-state index in [4.69, 9.17) is 0 Å². The summed E-state index contributed by atoms with van der Waals surface area (Å²) in [6.07, 6.45) is 1.81. The third-order valence-electron chi connectivity index (χ3n) is 2.70. The monoisotopic (exact) mass is 265 g/mol. The average Bonchev–Trinajstić information content (AvgIpc) is 2.32. The molecule has 1 atom stereocenters. The Morgan fingerprint density at radius 3 is 2.53 bits per heavy atom. The lowest BCUT2D eigenvalue weighted by molar-refractivity contribution is 1.04. The third-order valence-corrected chi connectivity index (χ3v) is 3.24. The van der Waals surface area contributed by atoms with E-state index >= 15 is 0 Å². The van der Waals surface area contributed by atoms with Crippen LogP contribution in [0.1, 0.15) is 27.6 Å². The molecular weight excluding hydrogens is 250 g/mol. The fourth-order valence-corrected chi connectivity index (χ4v) is 2.18. The van der Waals surface area contributed by atoms with Gasteiger partial charge in [0.25, 0.3) is 0 Å². The van der Waals surface area contributed by atoms with Crippen LogP contribution in [0.3, 0.4) is 0 Å². The zero-order valence-corrected chi connectivity index (χ0v) is 11.6. The predicted molar refractivity (Wildman–Crippen MR) is 78.2 cm³/mol. The standard InChI is InChI=1S/C14H15NS.ClH/c1-10-6-7-11(2)12(9-10)14(16)13-5-3-4-8-15-13;/h3-9,14,16H,1-2H3;1H. The number of aromatic nitrogens is 1. The zero-order valence-electron chi connectivity index (χ0n) is 9.92. The molecule has 0 radical (unpaired) electrons. The molecule has 0 saturated heterocycles. The van der Waals surface area contributed by atoms with Crippen molar-refractivity contribution in [3.63, 3.8) is 0 Å². The highest BCUT2D eigenvalue weighted by Crippen LogP contribution is 2.29. The Balaban J connectivity index is 0.00000144. The number of aryl methyl sites for hydroxylation is 2. The summed E-state index contributed by atoms with van der Waals surface area (Å²) in [5, 5.41) is 0.0566. The van der Waals surface area contributed by atoms with E-state index in [2.05, 4.69) is 49.7 Å². The fourth-order valence-electron chi connectivity index (χ4n) is 1.75. The molecular formula is C14H16ClNS. The van der Waals surface area contributed by atoms with Gasteiger partial charge in [-0.15, -0.1) is 12.4 Å². The van der Waals surface area contributed by atoms with E-state index in [-0.39, 0.29) is 17.7 Å². The van der Waals surface area contributed by atoms with Gasteiger partial charge >= 0.3 is 0 Å². The quantitative estimate of drug-likeness (QED) is 0.806. The number of nitrogens with zero attached hydrogens (tertiary/aromatic N) is 1. The first-order chi connectivity index (χ1) is 7.68. The molecule has 0 saturated carbocycles. The number of benzene rings is 1. The normalized spacial score (nSPS) is 11.7. The maximum Gasteiger partial charge on any atom is 0.0691 e. The minimum atomic E-state index is 0. The van der Waals surface area contributed by atoms with Crippen molar-refractivity contribution >= 4 is 25.0 Å². The van der Waals surface area contributed by atoms with Crippen LogP contribution in [-0.4, -0.2) is 4.98 Å². The van der Waals surface area contributed by atoms with Gasteiger partial charge in [-0.3, -0.25) is 4.98 Å². The first kappa shape index (κ1) is 14.1. The van der Waals surface area contributed by atoms with Crippen LogP contribution >= 0.6 is 25.0 Å². The Kier molecular flexibility index (Phi) is 5.03. The summed E-state index contributed by atoms with van der Waals surface area (Å²) in [5.74, 6) is 0. The highest BCUT2D eigenvalue weighted by atomic mass is 35.5. The molecule has 0 bridgehead atoms. The highest BCUT2D eigenvalue weighted by Gasteiger charge is 2.12. The molecule has 1 nitrogen and oxygen atoms in total. The van der Waals surface area contributed by atoms with Crippen molar-refractivity contribution in [1.29, 1.82) is 0 Å². The van der Waals surface area contributed by atoms with Crippen LogP contribution < -0.4 is 0 Å². The number of halogens is 1. The summed E-state index contributed by atoms with van der Waals surface area (Å²) in [6.45, 7) is 4.21. The first-order valence-electron chi connectivity index (χ1n) is 5.34. The molecule has 0 fully saturated rings. The molecule has 2 rings (SSSR count). The second-order valence-electron chi connectivity index (χ2n) is 4.02. The van der Waals surface area contributed by atoms with Crippen molar-refractivity contribution in [2.24, 2.45) is 0 Å². The maximum absolute atomic E-state index is 4.66. The van der Waals surface area contributed by atoms with Crippen LogP contribution in [0, 0.1) is 13.8 Å². The number of thiol groups is 1. The van der Waals surface area contributed by atoms with Gasteiger partial charge in [0.05, 0.1) is 10.9 Å². The Morgan fingerprint density at radius 2 is 1.88 bits per heavy atom. The van der Waals surface area contributed by atoms with E-state index < -0.39 is 0 Å². The highest BCUT2D eigenvalue weighted by molar-refractivity contribution is 7.80. The molecule has 0 aliphatic heterocycles. The molecule has 17 heavy (non-hydrogen) atoms. The van der Waals surface area contributed by atoms with E-state index in [0.29, 0.717) is 0 Å². The molecule has 0 spiro atoms. The second kappa shape index (κ2) is 6.08. The van der Waals surface area contributed by atoms with E-state index in [0.717, 1.165) is 5.69 Å². The summed E-state index contributed by atoms with van der Waals surface area (Å²) in [5.41, 5.74) is 4.76. The summed E-state index contributed by atoms with van der Waals surface area (Å²) < 4.78 is 0. The van der Waals surface area contributed by atoms with Crippen LogP contribution in [-0.2, 0) is 0 Å². The van der Waals surface area contributed by atoms with Crippen LogP contribution in [0.5, 0.6) is 0 Å². The van der Waals surface area contributed by atoms with Crippen molar-refractivity contribution in [2.45, 2.75) is 19.1 Å². The van der Waals surface area contributed by atoms with Crippen molar-refractivity contribution in [3.05, 3.63) is 65.0 Å². The van der Waals surface area contributed by atoms with E-state index in [1.807, 2.05) is 24.4 Å². The Morgan fingerprint density at radius 1 is 1.12 bits per heavy atom. The Hall–Kier alpha value is -0.990. The third kappa shape index (κ3) is 3.24. The van der Waals surface area contributed by atoms with Gasteiger partial charge < -0.3 is 0 Å². The Labute approximate surface area is 114 Å². The Bertz CT molecular complexity index is 485. The summed E-state index contributed by atoms with van der Waals surface area (Å²) in [4.78, 5) is 4.35. The van der Waals surface area contributed by atoms with Gasteiger partial charge in [0.2, 0.25) is 0 Å². The van der Waals surface area contributed by atoms with Gasteiger partial charge in [-0.05, 0) is 37.1 Å². The summed E-state index contributed by atoms with van der Waals surface area (Å²) in [7, 11) is 0. The summed E-state index contributed by atoms with van der Waals surface area (Å²) in [6, 6.07) is 12.4. The van der Waals surface area contributed by atoms with Crippen molar-refractivity contribution in [2.75, 3.05) is 0 Å². The smallest absolute Gasteiger partial charge is 0.0691 e. The largest absolute Gasteiger partial charge is 0.260 e. The lowest BCUT2D eigenvalue weighted by Crippen LogP contribution is -1.99. The fraction of sp³-hybridized carbons (Fsp3) is 0.214. The first-order valence-corrected chi connectivity index (χ1v) is 5.86. The topological polar surface area (TPSA) is 12.9 Å². The summed E-state index contributed by atoms with van der Waals surface area (Å²) >= 11 is 4.66. The van der Waals surface area contributed by atoms with Gasteiger partial charge in [-0.25, -0.2) is 0 Å². The van der Waals surface area contributed by atoms with E-state index in [1.165, 1.54) is 16.7 Å². The van der Waals surface area contributed by atoms with Crippen LogP contribution in [0.25, 0.3) is 0 Å². The lowest BCUT2D eigenvalue weighted by Gasteiger charge is -2.14. The van der Waals surface area contributed by atoms with Crippen LogP contribution in [0.4, 0.5) is 0 Å². The van der Waals surface area contributed by atoms with Gasteiger partial charge in [0, 0.05) is 6.20 Å². The molecule has 0 aliphatic carbocycles. The molecule has 0 N–H and O–H groups in total. The lowest BCUT2D eigenvalue weighted by atomic mass is 10.0. The second-order valence-corrected chi connectivity index (χ2v) is 4.53. The van der Waals surface area contributed by atoms with Crippen LogP contribution in [0.15, 0.2) is 42.6 Å². The molecule has 3 heteroatoms. The molecule has 2 aromatic rings. The van der Waals surface area contributed by atoms with Gasteiger partial charge in [0.15, 0.2) is 0 Å². The van der Waals surface area contributed by atoms with Gasteiger partial charge in [-0.1, -0.05) is 29.8 Å². The number of pyridine rings is 1. The SMILES string of the molecule is Cc1ccc(C)c(C(S)c2ccccn2)c1.Cl. The molecule has 1 heterocycles. The predicted octanol–water partition coefficient (Wildman–Crippen LogP) is 4.14. The molecule has 1 aromatic heterocycles. The minimum Gasteiger partial charge on any atom is -0.260 e. The van der Waals surface area contributed by atoms with Crippen molar-refractivity contribution in [1.82, 2.24) is 4.98 Å². The maximum atomic E-state index is 4.66. The number of rotatable bonds is 2. The average molecular weight is 266 g/mol. The van der Waals surface area contributed by atoms with E-state index in [9.17, 15) is 0 Å². The van der Waals surface area contributed by atoms with Gasteiger partial charge in [-0.2, -0.15) is 12.6 Å².